The lowest BCUT2D eigenvalue weighted by molar-refractivity contribution is 0.183. The fourth-order valence-electron chi connectivity index (χ4n) is 2.63. The summed E-state index contributed by atoms with van der Waals surface area (Å²) in [6.45, 7) is 2.82. The maximum atomic E-state index is 10.3. The van der Waals surface area contributed by atoms with Gasteiger partial charge in [0, 0.05) is 12.8 Å². The summed E-state index contributed by atoms with van der Waals surface area (Å²) in [4.78, 5) is 0. The predicted octanol–water partition coefficient (Wildman–Crippen LogP) is 4.46. The molecule has 3 aromatic rings. The Balaban J connectivity index is 1.89. The van der Waals surface area contributed by atoms with Gasteiger partial charge >= 0.3 is 0 Å². The third-order valence-corrected chi connectivity index (χ3v) is 4.33. The first-order valence-electron chi connectivity index (χ1n) is 7.95. The van der Waals surface area contributed by atoms with Crippen LogP contribution in [-0.2, 0) is 11.3 Å². The van der Waals surface area contributed by atoms with Crippen molar-refractivity contribution in [2.75, 3.05) is 13.7 Å². The van der Waals surface area contributed by atoms with Crippen LogP contribution in [0.5, 0.6) is 17.4 Å². The number of aromatic nitrogens is 2. The highest BCUT2D eigenvalue weighted by Gasteiger charge is 2.14. The van der Waals surface area contributed by atoms with Crippen LogP contribution in [0.4, 0.5) is 0 Å². The molecule has 1 N–H and O–H groups in total. The number of nitrogens with zero attached hydrogens (tertiary/aromatic N) is 2. The molecule has 0 atom stereocenters. The lowest BCUT2D eigenvalue weighted by Gasteiger charge is -2.08. The third kappa shape index (κ3) is 3.60. The van der Waals surface area contributed by atoms with Gasteiger partial charge in [0.05, 0.1) is 18.8 Å². The standard InChI is InChI=1S/C19H20N2O3S/c1-14-18(22)20(12-13-23-2)19(25)21(14)15-8-10-17(11-9-15)24-16-6-4-3-5-7-16/h3-11,22H,12-13H2,1-2H3. The summed E-state index contributed by atoms with van der Waals surface area (Å²) >= 11 is 5.51. The summed E-state index contributed by atoms with van der Waals surface area (Å²) in [7, 11) is 1.62. The molecule has 0 radical (unpaired) electrons. The number of methoxy groups -OCH3 is 1. The normalized spacial score (nSPS) is 10.8. The van der Waals surface area contributed by atoms with Crippen LogP contribution in [0.1, 0.15) is 5.69 Å². The quantitative estimate of drug-likeness (QED) is 0.663. The van der Waals surface area contributed by atoms with E-state index in [0.717, 1.165) is 17.2 Å². The van der Waals surface area contributed by atoms with Crippen LogP contribution < -0.4 is 4.74 Å². The number of benzene rings is 2. The molecule has 0 spiro atoms. The van der Waals surface area contributed by atoms with Gasteiger partial charge in [0.1, 0.15) is 11.5 Å². The average Bonchev–Trinajstić information content (AvgIpc) is 2.84. The van der Waals surface area contributed by atoms with Crippen molar-refractivity contribution < 1.29 is 14.6 Å². The van der Waals surface area contributed by atoms with Crippen LogP contribution in [0.3, 0.4) is 0 Å². The van der Waals surface area contributed by atoms with Gasteiger partial charge in [0.2, 0.25) is 5.88 Å². The first-order valence-corrected chi connectivity index (χ1v) is 8.36. The van der Waals surface area contributed by atoms with Crippen molar-refractivity contribution in [1.29, 1.82) is 0 Å². The minimum atomic E-state index is 0.159. The predicted molar refractivity (Wildman–Crippen MR) is 99.4 cm³/mol. The molecule has 0 bridgehead atoms. The van der Waals surface area contributed by atoms with E-state index in [0.29, 0.717) is 23.6 Å². The van der Waals surface area contributed by atoms with Gasteiger partial charge in [0.15, 0.2) is 4.77 Å². The van der Waals surface area contributed by atoms with Crippen molar-refractivity contribution in [2.45, 2.75) is 13.5 Å². The molecule has 6 heteroatoms. The van der Waals surface area contributed by atoms with Crippen molar-refractivity contribution in [2.24, 2.45) is 0 Å². The Morgan fingerprint density at radius 3 is 2.28 bits per heavy atom. The van der Waals surface area contributed by atoms with Crippen molar-refractivity contribution in [3.8, 4) is 23.1 Å². The van der Waals surface area contributed by atoms with E-state index in [-0.39, 0.29) is 5.88 Å². The number of imidazole rings is 1. The molecule has 1 aromatic heterocycles. The van der Waals surface area contributed by atoms with Crippen LogP contribution >= 0.6 is 12.2 Å². The second-order valence-electron chi connectivity index (χ2n) is 5.58. The Hall–Kier alpha value is -2.57. The van der Waals surface area contributed by atoms with Gasteiger partial charge < -0.3 is 14.6 Å². The minimum Gasteiger partial charge on any atom is -0.493 e. The first-order chi connectivity index (χ1) is 12.1. The van der Waals surface area contributed by atoms with Gasteiger partial charge in [-0.05, 0) is 55.5 Å². The van der Waals surface area contributed by atoms with E-state index in [4.69, 9.17) is 21.7 Å². The molecule has 25 heavy (non-hydrogen) atoms. The minimum absolute atomic E-state index is 0.159. The monoisotopic (exact) mass is 356 g/mol. The SMILES string of the molecule is COCCn1c(O)c(C)n(-c2ccc(Oc3ccccc3)cc2)c1=S. The van der Waals surface area contributed by atoms with E-state index in [1.54, 1.807) is 11.7 Å². The molecular formula is C19H20N2O3S. The number of rotatable bonds is 6. The van der Waals surface area contributed by atoms with E-state index in [9.17, 15) is 5.11 Å². The maximum absolute atomic E-state index is 10.3. The fourth-order valence-corrected chi connectivity index (χ4v) is 3.05. The zero-order valence-electron chi connectivity index (χ0n) is 14.2. The molecule has 0 saturated carbocycles. The van der Waals surface area contributed by atoms with E-state index in [1.165, 1.54) is 0 Å². The highest BCUT2D eigenvalue weighted by atomic mass is 32.1. The first kappa shape index (κ1) is 17.3. The Bertz CT molecular complexity index is 899. The maximum Gasteiger partial charge on any atom is 0.213 e. The van der Waals surface area contributed by atoms with Gasteiger partial charge in [-0.25, -0.2) is 0 Å². The molecule has 0 aliphatic carbocycles. The molecule has 2 aromatic carbocycles. The van der Waals surface area contributed by atoms with Gasteiger partial charge in [-0.15, -0.1) is 0 Å². The zero-order chi connectivity index (χ0) is 17.8. The van der Waals surface area contributed by atoms with Crippen molar-refractivity contribution in [3.05, 3.63) is 65.1 Å². The number of hydrogen-bond acceptors (Lipinski definition) is 4. The van der Waals surface area contributed by atoms with Crippen LogP contribution in [-0.4, -0.2) is 28.0 Å². The fraction of sp³-hybridized carbons (Fsp3) is 0.211. The largest absolute Gasteiger partial charge is 0.493 e. The lowest BCUT2D eigenvalue weighted by Crippen LogP contribution is -2.05. The van der Waals surface area contributed by atoms with Crippen molar-refractivity contribution >= 4 is 12.2 Å². The van der Waals surface area contributed by atoms with Crippen molar-refractivity contribution in [3.63, 3.8) is 0 Å². The third-order valence-electron chi connectivity index (χ3n) is 3.93. The molecule has 130 valence electrons. The number of aromatic hydroxyl groups is 1. The number of para-hydroxylation sites is 1. The molecule has 1 heterocycles. The molecule has 0 amide bonds. The Labute approximate surface area is 151 Å². The van der Waals surface area contributed by atoms with E-state index in [2.05, 4.69) is 0 Å². The summed E-state index contributed by atoms with van der Waals surface area (Å²) in [5.41, 5.74) is 1.56. The number of hydrogen-bond donors (Lipinski definition) is 1. The molecular weight excluding hydrogens is 336 g/mol. The smallest absolute Gasteiger partial charge is 0.213 e. The highest BCUT2D eigenvalue weighted by molar-refractivity contribution is 7.71. The molecule has 0 fully saturated rings. The molecule has 5 nitrogen and oxygen atoms in total. The van der Waals surface area contributed by atoms with Crippen LogP contribution in [0.15, 0.2) is 54.6 Å². The highest BCUT2D eigenvalue weighted by Crippen LogP contribution is 2.26. The zero-order valence-corrected chi connectivity index (χ0v) is 15.0. The summed E-state index contributed by atoms with van der Waals surface area (Å²) < 4.78 is 14.9. The molecule has 3 rings (SSSR count). The Morgan fingerprint density at radius 1 is 1.00 bits per heavy atom. The average molecular weight is 356 g/mol. The van der Waals surface area contributed by atoms with Crippen molar-refractivity contribution in [1.82, 2.24) is 9.13 Å². The van der Waals surface area contributed by atoms with E-state index < -0.39 is 0 Å². The molecule has 0 aliphatic rings. The molecule has 0 unspecified atom stereocenters. The van der Waals surface area contributed by atoms with E-state index >= 15 is 0 Å². The summed E-state index contributed by atoms with van der Waals surface area (Å²) in [6, 6.07) is 17.2. The van der Waals surface area contributed by atoms with E-state index in [1.807, 2.05) is 66.1 Å². The molecule has 0 aliphatic heterocycles. The van der Waals surface area contributed by atoms with Crippen LogP contribution in [0.2, 0.25) is 0 Å². The summed E-state index contributed by atoms with van der Waals surface area (Å²) in [5, 5.41) is 10.3. The topological polar surface area (TPSA) is 48.5 Å². The van der Waals surface area contributed by atoms with Crippen LogP contribution in [0, 0.1) is 11.7 Å². The van der Waals surface area contributed by atoms with Gasteiger partial charge in [0.25, 0.3) is 0 Å². The summed E-state index contributed by atoms with van der Waals surface area (Å²) in [6.07, 6.45) is 0. The second-order valence-corrected chi connectivity index (χ2v) is 5.95. The number of ether oxygens (including phenoxy) is 2. The summed E-state index contributed by atoms with van der Waals surface area (Å²) in [5.74, 6) is 1.68. The molecule has 0 saturated heterocycles. The van der Waals surface area contributed by atoms with Gasteiger partial charge in [-0.1, -0.05) is 18.2 Å². The van der Waals surface area contributed by atoms with Gasteiger partial charge in [-0.3, -0.25) is 9.13 Å². The van der Waals surface area contributed by atoms with Gasteiger partial charge in [-0.2, -0.15) is 0 Å². The lowest BCUT2D eigenvalue weighted by atomic mass is 10.3. The second kappa shape index (κ2) is 7.55. The Kier molecular flexibility index (Phi) is 5.21. The van der Waals surface area contributed by atoms with Crippen LogP contribution in [0.25, 0.3) is 5.69 Å². The Morgan fingerprint density at radius 2 is 1.64 bits per heavy atom.